The molecule has 0 fully saturated rings. The van der Waals surface area contributed by atoms with E-state index in [1.54, 1.807) is 30.7 Å². The number of esters is 1. The maximum Gasteiger partial charge on any atom is 0.338 e. The van der Waals surface area contributed by atoms with Crippen LogP contribution in [-0.2, 0) is 9.53 Å². The van der Waals surface area contributed by atoms with E-state index in [-0.39, 0.29) is 5.56 Å². The highest BCUT2D eigenvalue weighted by atomic mass is 32.1. The second-order valence-corrected chi connectivity index (χ2v) is 7.77. The molecule has 152 valence electrons. The van der Waals surface area contributed by atoms with E-state index in [4.69, 9.17) is 9.47 Å². The van der Waals surface area contributed by atoms with Gasteiger partial charge in [-0.2, -0.15) is 0 Å². The number of methoxy groups -OCH3 is 2. The number of hydrogen-bond acceptors (Lipinski definition) is 6. The van der Waals surface area contributed by atoms with E-state index in [2.05, 4.69) is 4.99 Å². The predicted octanol–water partition coefficient (Wildman–Crippen LogP) is 2.42. The number of hydrogen-bond donors (Lipinski definition) is 0. The summed E-state index contributed by atoms with van der Waals surface area (Å²) >= 11 is 1.31. The van der Waals surface area contributed by atoms with Crippen LogP contribution < -0.4 is 19.6 Å². The van der Waals surface area contributed by atoms with Gasteiger partial charge < -0.3 is 9.47 Å². The molecule has 0 spiro atoms. The standard InChI is InChI=1S/C23H20N2O4S/c1-14-19(22(27)29-3)20(16-9-11-17(28-2)12-10-16)25-21(26)18(30-23(25)24-14)13-15-7-5-4-6-8-15/h4-13,20H,1-3H3/t20-/m0/s1. The summed E-state index contributed by atoms with van der Waals surface area (Å²) in [7, 11) is 2.92. The van der Waals surface area contributed by atoms with Crippen LogP contribution in [0.5, 0.6) is 5.75 Å². The Labute approximate surface area is 177 Å². The fourth-order valence-electron chi connectivity index (χ4n) is 3.49. The van der Waals surface area contributed by atoms with Gasteiger partial charge in [0.15, 0.2) is 4.80 Å². The van der Waals surface area contributed by atoms with Gasteiger partial charge in [0.2, 0.25) is 0 Å². The average Bonchev–Trinajstić information content (AvgIpc) is 3.07. The molecule has 0 saturated heterocycles. The monoisotopic (exact) mass is 420 g/mol. The Balaban J connectivity index is 1.96. The van der Waals surface area contributed by atoms with Gasteiger partial charge in [0, 0.05) is 0 Å². The number of ether oxygens (including phenoxy) is 2. The second-order valence-electron chi connectivity index (χ2n) is 6.76. The minimum Gasteiger partial charge on any atom is -0.497 e. The van der Waals surface area contributed by atoms with Crippen molar-refractivity contribution in [1.82, 2.24) is 4.57 Å². The molecule has 0 N–H and O–H groups in total. The molecule has 0 amide bonds. The van der Waals surface area contributed by atoms with E-state index in [0.29, 0.717) is 26.4 Å². The molecule has 3 aromatic rings. The first-order chi connectivity index (χ1) is 14.5. The quantitative estimate of drug-likeness (QED) is 0.608. The molecular weight excluding hydrogens is 400 g/mol. The van der Waals surface area contributed by atoms with Crippen LogP contribution in [0.2, 0.25) is 0 Å². The molecular formula is C23H20N2O4S. The fourth-order valence-corrected chi connectivity index (χ4v) is 4.54. The van der Waals surface area contributed by atoms with Crippen LogP contribution in [0.3, 0.4) is 0 Å². The Morgan fingerprint density at radius 2 is 1.80 bits per heavy atom. The van der Waals surface area contributed by atoms with Crippen molar-refractivity contribution in [2.75, 3.05) is 14.2 Å². The molecule has 0 radical (unpaired) electrons. The van der Waals surface area contributed by atoms with Crippen LogP contribution in [-0.4, -0.2) is 24.8 Å². The molecule has 0 unspecified atom stereocenters. The summed E-state index contributed by atoms with van der Waals surface area (Å²) in [4.78, 5) is 31.1. The van der Waals surface area contributed by atoms with Crippen molar-refractivity contribution in [3.8, 4) is 5.75 Å². The predicted molar refractivity (Wildman–Crippen MR) is 115 cm³/mol. The summed E-state index contributed by atoms with van der Waals surface area (Å²) in [5, 5.41) is 0. The fraction of sp³-hybridized carbons (Fsp3) is 0.174. The van der Waals surface area contributed by atoms with Crippen molar-refractivity contribution in [1.29, 1.82) is 0 Å². The lowest BCUT2D eigenvalue weighted by Gasteiger charge is -2.24. The number of thiazole rings is 1. The lowest BCUT2D eigenvalue weighted by atomic mass is 9.96. The molecule has 1 atom stereocenters. The molecule has 6 nitrogen and oxygen atoms in total. The SMILES string of the molecule is COC(=O)C1=C(C)N=c2sc(=Cc3ccccc3)c(=O)n2[C@H]1c1ccc(OC)cc1. The number of carbonyl (C=O) groups excluding carboxylic acids is 1. The normalized spacial score (nSPS) is 16.1. The lowest BCUT2D eigenvalue weighted by molar-refractivity contribution is -0.136. The Morgan fingerprint density at radius 3 is 2.43 bits per heavy atom. The Hall–Kier alpha value is -3.45. The van der Waals surface area contributed by atoms with E-state index in [9.17, 15) is 9.59 Å². The number of rotatable bonds is 4. The first-order valence-corrected chi connectivity index (χ1v) is 10.1. The van der Waals surface area contributed by atoms with E-state index < -0.39 is 12.0 Å². The van der Waals surface area contributed by atoms with Crippen molar-refractivity contribution in [3.05, 3.63) is 96.7 Å². The molecule has 1 aliphatic rings. The van der Waals surface area contributed by atoms with Gasteiger partial charge in [0.1, 0.15) is 5.75 Å². The van der Waals surface area contributed by atoms with E-state index in [1.165, 1.54) is 18.4 Å². The summed E-state index contributed by atoms with van der Waals surface area (Å²) in [5.74, 6) is 0.185. The third kappa shape index (κ3) is 3.48. The molecule has 1 aromatic heterocycles. The summed E-state index contributed by atoms with van der Waals surface area (Å²) in [6.07, 6.45) is 1.84. The number of nitrogens with zero attached hydrogens (tertiary/aromatic N) is 2. The number of aromatic nitrogens is 1. The summed E-state index contributed by atoms with van der Waals surface area (Å²) in [5.41, 5.74) is 2.39. The molecule has 1 aliphatic heterocycles. The molecule has 30 heavy (non-hydrogen) atoms. The molecule has 0 aliphatic carbocycles. The van der Waals surface area contributed by atoms with Gasteiger partial charge in [-0.25, -0.2) is 9.79 Å². The summed E-state index contributed by atoms with van der Waals surface area (Å²) in [6.45, 7) is 1.76. The molecule has 2 heterocycles. The Kier molecular flexibility index (Phi) is 5.37. The molecule has 7 heteroatoms. The van der Waals surface area contributed by atoms with Crippen LogP contribution in [0.25, 0.3) is 6.08 Å². The minimum absolute atomic E-state index is 0.197. The maximum absolute atomic E-state index is 13.4. The summed E-state index contributed by atoms with van der Waals surface area (Å²) < 4.78 is 12.4. The van der Waals surface area contributed by atoms with Gasteiger partial charge in [-0.1, -0.05) is 53.8 Å². The van der Waals surface area contributed by atoms with Crippen LogP contribution in [0.4, 0.5) is 0 Å². The minimum atomic E-state index is -0.627. The van der Waals surface area contributed by atoms with Crippen molar-refractivity contribution >= 4 is 23.4 Å². The average molecular weight is 420 g/mol. The summed E-state index contributed by atoms with van der Waals surface area (Å²) in [6, 6.07) is 16.3. The third-order valence-corrected chi connectivity index (χ3v) is 5.94. The van der Waals surface area contributed by atoms with E-state index in [1.807, 2.05) is 48.5 Å². The van der Waals surface area contributed by atoms with Crippen molar-refractivity contribution < 1.29 is 14.3 Å². The number of fused-ring (bicyclic) bond motifs is 1. The number of benzene rings is 2. The Morgan fingerprint density at radius 1 is 1.10 bits per heavy atom. The second kappa shape index (κ2) is 8.12. The van der Waals surface area contributed by atoms with Crippen molar-refractivity contribution in [2.45, 2.75) is 13.0 Å². The molecule has 0 saturated carbocycles. The Bertz CT molecular complexity index is 1300. The van der Waals surface area contributed by atoms with Gasteiger partial charge in [-0.15, -0.1) is 0 Å². The van der Waals surface area contributed by atoms with Gasteiger partial charge in [-0.3, -0.25) is 9.36 Å². The third-order valence-electron chi connectivity index (χ3n) is 4.96. The van der Waals surface area contributed by atoms with Gasteiger partial charge in [0.25, 0.3) is 5.56 Å². The van der Waals surface area contributed by atoms with E-state index >= 15 is 0 Å². The zero-order valence-corrected chi connectivity index (χ0v) is 17.6. The van der Waals surface area contributed by atoms with E-state index in [0.717, 1.165) is 11.1 Å². The topological polar surface area (TPSA) is 69.9 Å². The van der Waals surface area contributed by atoms with Crippen LogP contribution in [0.15, 0.2) is 75.7 Å². The zero-order valence-electron chi connectivity index (χ0n) is 16.8. The first-order valence-electron chi connectivity index (χ1n) is 9.33. The van der Waals surface area contributed by atoms with Gasteiger partial charge in [-0.05, 0) is 36.3 Å². The van der Waals surface area contributed by atoms with Crippen LogP contribution in [0, 0.1) is 0 Å². The zero-order chi connectivity index (χ0) is 21.3. The number of allylic oxidation sites excluding steroid dienone is 1. The lowest BCUT2D eigenvalue weighted by Crippen LogP contribution is -2.39. The van der Waals surface area contributed by atoms with Gasteiger partial charge in [0.05, 0.1) is 36.1 Å². The van der Waals surface area contributed by atoms with Crippen molar-refractivity contribution in [3.63, 3.8) is 0 Å². The highest BCUT2D eigenvalue weighted by Crippen LogP contribution is 2.31. The van der Waals surface area contributed by atoms with Gasteiger partial charge >= 0.3 is 5.97 Å². The maximum atomic E-state index is 13.4. The smallest absolute Gasteiger partial charge is 0.338 e. The first kappa shape index (κ1) is 19.8. The number of carbonyl (C=O) groups is 1. The molecule has 2 aromatic carbocycles. The molecule has 0 bridgehead atoms. The van der Waals surface area contributed by atoms with Crippen molar-refractivity contribution in [2.24, 2.45) is 4.99 Å². The van der Waals surface area contributed by atoms with Crippen LogP contribution >= 0.6 is 11.3 Å². The molecule has 4 rings (SSSR count). The largest absolute Gasteiger partial charge is 0.497 e. The highest BCUT2D eigenvalue weighted by molar-refractivity contribution is 7.07. The van der Waals surface area contributed by atoms with Crippen LogP contribution in [0.1, 0.15) is 24.1 Å². The highest BCUT2D eigenvalue weighted by Gasteiger charge is 2.33.